The molecular weight excluding hydrogens is 176 g/mol. The number of hydrogen-bond acceptors (Lipinski definition) is 2. The van der Waals surface area contributed by atoms with Gasteiger partial charge in [-0.25, -0.2) is 0 Å². The Balaban J connectivity index is 2.22. The van der Waals surface area contributed by atoms with Gasteiger partial charge in [-0.1, -0.05) is 12.2 Å². The highest BCUT2D eigenvalue weighted by Gasteiger charge is 2.16. The van der Waals surface area contributed by atoms with Crippen LogP contribution in [0.5, 0.6) is 0 Å². The number of nitrogens with zero attached hydrogens (tertiary/aromatic N) is 1. The van der Waals surface area contributed by atoms with E-state index < -0.39 is 0 Å². The average Bonchev–Trinajstić information content (AvgIpc) is 2.66. The summed E-state index contributed by atoms with van der Waals surface area (Å²) in [6.07, 6.45) is 7.30. The Hall–Kier alpha value is -0.830. The molecule has 0 saturated carbocycles. The Bertz CT molecular complexity index is 213. The molecule has 1 aliphatic rings. The number of likely N-dealkylation sites (N-methyl/N-ethyl adjacent to an activating group) is 2. The number of rotatable bonds is 5. The van der Waals surface area contributed by atoms with E-state index in [0.29, 0.717) is 12.3 Å². The van der Waals surface area contributed by atoms with Crippen LogP contribution >= 0.6 is 0 Å². The van der Waals surface area contributed by atoms with Crippen molar-refractivity contribution in [3.8, 4) is 0 Å². The molecule has 1 atom stereocenters. The fourth-order valence-electron chi connectivity index (χ4n) is 1.65. The smallest absolute Gasteiger partial charge is 0.222 e. The molecule has 0 heterocycles. The Labute approximate surface area is 86.2 Å². The van der Waals surface area contributed by atoms with Gasteiger partial charge in [-0.05, 0) is 25.8 Å². The van der Waals surface area contributed by atoms with Crippen molar-refractivity contribution in [2.45, 2.75) is 19.3 Å². The van der Waals surface area contributed by atoms with E-state index in [1.54, 1.807) is 0 Å². The predicted octanol–water partition coefficient (Wildman–Crippen LogP) is 1.02. The highest BCUT2D eigenvalue weighted by Crippen LogP contribution is 2.20. The maximum Gasteiger partial charge on any atom is 0.222 e. The molecule has 1 aliphatic carbocycles. The summed E-state index contributed by atoms with van der Waals surface area (Å²) in [7, 11) is 3.77. The van der Waals surface area contributed by atoms with E-state index in [9.17, 15) is 4.79 Å². The number of hydrogen-bond donors (Lipinski definition) is 1. The largest absolute Gasteiger partial charge is 0.344 e. The molecule has 0 saturated heterocycles. The van der Waals surface area contributed by atoms with E-state index in [1.165, 1.54) is 0 Å². The van der Waals surface area contributed by atoms with E-state index >= 15 is 0 Å². The fourth-order valence-corrected chi connectivity index (χ4v) is 1.65. The molecule has 1 unspecified atom stereocenters. The van der Waals surface area contributed by atoms with Crippen LogP contribution in [0.1, 0.15) is 19.3 Å². The van der Waals surface area contributed by atoms with Gasteiger partial charge in [0, 0.05) is 26.6 Å². The molecule has 0 fully saturated rings. The van der Waals surface area contributed by atoms with Crippen molar-refractivity contribution in [2.24, 2.45) is 5.92 Å². The van der Waals surface area contributed by atoms with Crippen LogP contribution in [0, 0.1) is 5.92 Å². The maximum atomic E-state index is 11.7. The number of amides is 1. The van der Waals surface area contributed by atoms with Crippen LogP contribution < -0.4 is 5.32 Å². The molecule has 0 aromatic heterocycles. The monoisotopic (exact) mass is 196 g/mol. The van der Waals surface area contributed by atoms with Crippen molar-refractivity contribution in [3.05, 3.63) is 12.2 Å². The lowest BCUT2D eigenvalue weighted by molar-refractivity contribution is -0.130. The minimum absolute atomic E-state index is 0.261. The Morgan fingerprint density at radius 1 is 1.64 bits per heavy atom. The average molecular weight is 196 g/mol. The third-order valence-corrected chi connectivity index (χ3v) is 2.67. The summed E-state index contributed by atoms with van der Waals surface area (Å²) in [4.78, 5) is 13.5. The zero-order valence-electron chi connectivity index (χ0n) is 9.12. The highest BCUT2D eigenvalue weighted by atomic mass is 16.2. The van der Waals surface area contributed by atoms with Gasteiger partial charge in [-0.2, -0.15) is 0 Å². The first-order valence-electron chi connectivity index (χ1n) is 5.29. The van der Waals surface area contributed by atoms with E-state index in [1.807, 2.05) is 19.0 Å². The quantitative estimate of drug-likeness (QED) is 0.666. The molecule has 80 valence electrons. The van der Waals surface area contributed by atoms with Gasteiger partial charge in [0.05, 0.1) is 0 Å². The molecule has 1 N–H and O–H groups in total. The third-order valence-electron chi connectivity index (χ3n) is 2.67. The predicted molar refractivity (Wildman–Crippen MR) is 58.0 cm³/mol. The van der Waals surface area contributed by atoms with Gasteiger partial charge < -0.3 is 10.2 Å². The van der Waals surface area contributed by atoms with Crippen LogP contribution in [-0.2, 0) is 4.79 Å². The van der Waals surface area contributed by atoms with E-state index in [-0.39, 0.29) is 5.91 Å². The number of nitrogens with one attached hydrogen (secondary N) is 1. The van der Waals surface area contributed by atoms with Crippen LogP contribution in [0.15, 0.2) is 12.2 Å². The minimum Gasteiger partial charge on any atom is -0.344 e. The molecule has 0 aromatic rings. The molecule has 0 spiro atoms. The molecule has 3 heteroatoms. The molecule has 0 aliphatic heterocycles. The molecule has 0 bridgehead atoms. The lowest BCUT2D eigenvalue weighted by Crippen LogP contribution is -2.33. The van der Waals surface area contributed by atoms with Gasteiger partial charge in [0.25, 0.3) is 0 Å². The van der Waals surface area contributed by atoms with E-state index in [2.05, 4.69) is 17.5 Å². The van der Waals surface area contributed by atoms with Crippen molar-refractivity contribution < 1.29 is 4.79 Å². The Morgan fingerprint density at radius 3 is 3.00 bits per heavy atom. The second-order valence-electron chi connectivity index (χ2n) is 3.89. The van der Waals surface area contributed by atoms with Gasteiger partial charge in [0.2, 0.25) is 5.91 Å². The van der Waals surface area contributed by atoms with Crippen molar-refractivity contribution >= 4 is 5.91 Å². The van der Waals surface area contributed by atoms with E-state index in [0.717, 1.165) is 25.9 Å². The second-order valence-corrected chi connectivity index (χ2v) is 3.89. The maximum absolute atomic E-state index is 11.7. The lowest BCUT2D eigenvalue weighted by Gasteiger charge is -2.18. The Morgan fingerprint density at radius 2 is 2.43 bits per heavy atom. The summed E-state index contributed by atoms with van der Waals surface area (Å²) >= 11 is 0. The molecular formula is C11H20N2O. The SMILES string of the molecule is CNCCN(C)C(=O)CC1C=CCC1. The molecule has 1 amide bonds. The van der Waals surface area contributed by atoms with Gasteiger partial charge in [-0.15, -0.1) is 0 Å². The summed E-state index contributed by atoms with van der Waals surface area (Å²) in [5.74, 6) is 0.747. The summed E-state index contributed by atoms with van der Waals surface area (Å²) in [5.41, 5.74) is 0. The van der Waals surface area contributed by atoms with Gasteiger partial charge in [0.1, 0.15) is 0 Å². The molecule has 0 radical (unpaired) electrons. The van der Waals surface area contributed by atoms with Gasteiger partial charge in [-0.3, -0.25) is 4.79 Å². The van der Waals surface area contributed by atoms with Crippen molar-refractivity contribution in [2.75, 3.05) is 27.2 Å². The molecule has 1 rings (SSSR count). The van der Waals surface area contributed by atoms with Gasteiger partial charge >= 0.3 is 0 Å². The number of carbonyl (C=O) groups is 1. The zero-order chi connectivity index (χ0) is 10.4. The van der Waals surface area contributed by atoms with Crippen LogP contribution in [0.25, 0.3) is 0 Å². The normalized spacial score (nSPS) is 20.0. The van der Waals surface area contributed by atoms with Crippen molar-refractivity contribution in [3.63, 3.8) is 0 Å². The summed E-state index contributed by atoms with van der Waals surface area (Å²) in [5, 5.41) is 3.04. The second kappa shape index (κ2) is 5.81. The molecule has 0 aromatic carbocycles. The van der Waals surface area contributed by atoms with Crippen molar-refractivity contribution in [1.29, 1.82) is 0 Å². The molecule has 14 heavy (non-hydrogen) atoms. The van der Waals surface area contributed by atoms with Crippen LogP contribution in [0.2, 0.25) is 0 Å². The fraction of sp³-hybridized carbons (Fsp3) is 0.727. The van der Waals surface area contributed by atoms with E-state index in [4.69, 9.17) is 0 Å². The van der Waals surface area contributed by atoms with Crippen LogP contribution in [0.4, 0.5) is 0 Å². The standard InChI is InChI=1S/C11H20N2O/c1-12-7-8-13(2)11(14)9-10-5-3-4-6-10/h3,5,10,12H,4,6-9H2,1-2H3. The van der Waals surface area contributed by atoms with Gasteiger partial charge in [0.15, 0.2) is 0 Å². The third kappa shape index (κ3) is 3.50. The first-order valence-corrected chi connectivity index (χ1v) is 5.29. The Kier molecular flexibility index (Phi) is 4.66. The summed E-state index contributed by atoms with van der Waals surface area (Å²) in [6, 6.07) is 0. The first kappa shape index (κ1) is 11.2. The number of carbonyl (C=O) groups excluding carboxylic acids is 1. The summed E-state index contributed by atoms with van der Waals surface area (Å²) in [6.45, 7) is 1.66. The number of allylic oxidation sites excluding steroid dienone is 2. The minimum atomic E-state index is 0.261. The highest BCUT2D eigenvalue weighted by molar-refractivity contribution is 5.76. The first-order chi connectivity index (χ1) is 6.74. The molecule has 3 nitrogen and oxygen atoms in total. The summed E-state index contributed by atoms with van der Waals surface area (Å²) < 4.78 is 0. The topological polar surface area (TPSA) is 32.3 Å². The van der Waals surface area contributed by atoms with Crippen LogP contribution in [0.3, 0.4) is 0 Å². The van der Waals surface area contributed by atoms with Crippen LogP contribution in [-0.4, -0.2) is 38.0 Å². The van der Waals surface area contributed by atoms with Crippen molar-refractivity contribution in [1.82, 2.24) is 10.2 Å². The zero-order valence-corrected chi connectivity index (χ0v) is 9.12. The lowest BCUT2D eigenvalue weighted by atomic mass is 10.0.